The van der Waals surface area contributed by atoms with Crippen LogP contribution < -0.4 is 5.32 Å². The zero-order valence-electron chi connectivity index (χ0n) is 10.7. The molecule has 0 bridgehead atoms. The predicted octanol–water partition coefficient (Wildman–Crippen LogP) is 1.54. The molecule has 0 unspecified atom stereocenters. The second-order valence-electron chi connectivity index (χ2n) is 4.39. The van der Waals surface area contributed by atoms with E-state index in [1.165, 1.54) is 0 Å². The molecule has 0 aliphatic carbocycles. The predicted molar refractivity (Wildman–Crippen MR) is 62.3 cm³/mol. The van der Waals surface area contributed by atoms with Gasteiger partial charge in [0.15, 0.2) is 0 Å². The van der Waals surface area contributed by atoms with Crippen molar-refractivity contribution in [2.45, 2.75) is 46.7 Å². The van der Waals surface area contributed by atoms with Crippen LogP contribution in [0.25, 0.3) is 0 Å². The van der Waals surface area contributed by atoms with E-state index in [0.29, 0.717) is 6.54 Å². The fourth-order valence-electron chi connectivity index (χ4n) is 1.47. The molecular weight excluding hydrogens is 208 g/mol. The topological polar surface area (TPSA) is 69.6 Å². The van der Waals surface area contributed by atoms with Crippen LogP contribution in [0.15, 0.2) is 0 Å². The second-order valence-corrected chi connectivity index (χ2v) is 4.39. The van der Waals surface area contributed by atoms with Crippen molar-refractivity contribution >= 4 is 12.0 Å². The lowest BCUT2D eigenvalue weighted by atomic mass is 10.1. The maximum Gasteiger partial charge on any atom is 0.326 e. The number of nitrogens with one attached hydrogen (secondary N) is 1. The van der Waals surface area contributed by atoms with Crippen LogP contribution in [-0.2, 0) is 4.79 Å². The molecule has 0 aliphatic heterocycles. The van der Waals surface area contributed by atoms with Gasteiger partial charge in [-0.15, -0.1) is 0 Å². The van der Waals surface area contributed by atoms with Crippen molar-refractivity contribution in [3.05, 3.63) is 0 Å². The van der Waals surface area contributed by atoms with Gasteiger partial charge < -0.3 is 15.3 Å². The van der Waals surface area contributed by atoms with E-state index >= 15 is 0 Å². The summed E-state index contributed by atoms with van der Waals surface area (Å²) >= 11 is 0. The van der Waals surface area contributed by atoms with Gasteiger partial charge in [0.25, 0.3) is 0 Å². The molecule has 1 atom stereocenters. The summed E-state index contributed by atoms with van der Waals surface area (Å²) in [6.07, 6.45) is 0. The third-order valence-corrected chi connectivity index (χ3v) is 2.44. The standard InChI is InChI=1S/C11H22N2O3/c1-6-13(8(4)5)11(16)12-9(7(2)3)10(14)15/h7-9H,6H2,1-5H3,(H,12,16)(H,14,15)/t9-/m0/s1. The first-order valence-electron chi connectivity index (χ1n) is 5.61. The molecule has 5 heteroatoms. The van der Waals surface area contributed by atoms with E-state index in [0.717, 1.165) is 0 Å². The van der Waals surface area contributed by atoms with Gasteiger partial charge in [0, 0.05) is 12.6 Å². The van der Waals surface area contributed by atoms with Crippen molar-refractivity contribution in [2.24, 2.45) is 5.92 Å². The molecule has 0 fully saturated rings. The number of urea groups is 1. The number of carboxylic acid groups (broad SMARTS) is 1. The second kappa shape index (κ2) is 6.35. The van der Waals surface area contributed by atoms with E-state index in [-0.39, 0.29) is 18.0 Å². The summed E-state index contributed by atoms with van der Waals surface area (Å²) in [5, 5.41) is 11.5. The fourth-order valence-corrected chi connectivity index (χ4v) is 1.47. The lowest BCUT2D eigenvalue weighted by molar-refractivity contribution is -0.140. The minimum atomic E-state index is -0.997. The number of carbonyl (C=O) groups is 2. The maximum absolute atomic E-state index is 11.8. The number of nitrogens with zero attached hydrogens (tertiary/aromatic N) is 1. The van der Waals surface area contributed by atoms with Gasteiger partial charge in [-0.1, -0.05) is 13.8 Å². The molecule has 0 aromatic carbocycles. The van der Waals surface area contributed by atoms with E-state index in [4.69, 9.17) is 5.11 Å². The van der Waals surface area contributed by atoms with Crippen molar-refractivity contribution in [2.75, 3.05) is 6.54 Å². The number of rotatable bonds is 5. The molecule has 0 saturated carbocycles. The highest BCUT2D eigenvalue weighted by Gasteiger charge is 2.26. The lowest BCUT2D eigenvalue weighted by Gasteiger charge is -2.28. The number of hydrogen-bond donors (Lipinski definition) is 2. The molecule has 0 aromatic rings. The molecule has 0 heterocycles. The largest absolute Gasteiger partial charge is 0.480 e. The van der Waals surface area contributed by atoms with Gasteiger partial charge in [0.05, 0.1) is 0 Å². The summed E-state index contributed by atoms with van der Waals surface area (Å²) in [7, 11) is 0. The summed E-state index contributed by atoms with van der Waals surface area (Å²) in [6.45, 7) is 9.76. The van der Waals surface area contributed by atoms with Crippen LogP contribution in [0.2, 0.25) is 0 Å². The van der Waals surface area contributed by atoms with E-state index in [9.17, 15) is 9.59 Å². The Hall–Kier alpha value is -1.26. The van der Waals surface area contributed by atoms with Crippen LogP contribution in [0.4, 0.5) is 4.79 Å². The molecule has 2 amide bonds. The molecule has 0 aromatic heterocycles. The monoisotopic (exact) mass is 230 g/mol. The van der Waals surface area contributed by atoms with Crippen LogP contribution in [0.1, 0.15) is 34.6 Å². The summed E-state index contributed by atoms with van der Waals surface area (Å²) in [4.78, 5) is 24.3. The minimum absolute atomic E-state index is 0.0617. The summed E-state index contributed by atoms with van der Waals surface area (Å²) in [5.41, 5.74) is 0. The number of aliphatic carboxylic acids is 1. The van der Waals surface area contributed by atoms with Crippen LogP contribution in [0.3, 0.4) is 0 Å². The molecule has 94 valence electrons. The average molecular weight is 230 g/mol. The fraction of sp³-hybridized carbons (Fsp3) is 0.818. The lowest BCUT2D eigenvalue weighted by Crippen LogP contribution is -2.51. The molecule has 16 heavy (non-hydrogen) atoms. The Kier molecular flexibility index (Phi) is 5.85. The Balaban J connectivity index is 4.56. The Morgan fingerprint density at radius 2 is 1.75 bits per heavy atom. The number of carbonyl (C=O) groups excluding carboxylic acids is 1. The Morgan fingerprint density at radius 1 is 1.25 bits per heavy atom. The van der Waals surface area contributed by atoms with Crippen LogP contribution >= 0.6 is 0 Å². The van der Waals surface area contributed by atoms with E-state index < -0.39 is 12.0 Å². The Morgan fingerprint density at radius 3 is 2.00 bits per heavy atom. The summed E-state index contributed by atoms with van der Waals surface area (Å²) < 4.78 is 0. The molecular formula is C11H22N2O3. The van der Waals surface area contributed by atoms with E-state index in [1.807, 2.05) is 20.8 Å². The third kappa shape index (κ3) is 4.08. The van der Waals surface area contributed by atoms with Crippen molar-refractivity contribution in [3.8, 4) is 0 Å². The third-order valence-electron chi connectivity index (χ3n) is 2.44. The minimum Gasteiger partial charge on any atom is -0.480 e. The molecule has 0 aliphatic rings. The first kappa shape index (κ1) is 14.7. The quantitative estimate of drug-likeness (QED) is 0.752. The van der Waals surface area contributed by atoms with E-state index in [2.05, 4.69) is 5.32 Å². The van der Waals surface area contributed by atoms with E-state index in [1.54, 1.807) is 18.7 Å². The Bertz CT molecular complexity index is 252. The first-order valence-corrected chi connectivity index (χ1v) is 5.61. The van der Waals surface area contributed by atoms with Gasteiger partial charge in [-0.3, -0.25) is 0 Å². The van der Waals surface area contributed by atoms with Crippen molar-refractivity contribution in [1.82, 2.24) is 10.2 Å². The molecule has 5 nitrogen and oxygen atoms in total. The molecule has 0 spiro atoms. The van der Waals surface area contributed by atoms with Gasteiger partial charge >= 0.3 is 12.0 Å². The van der Waals surface area contributed by atoms with Crippen LogP contribution in [0.5, 0.6) is 0 Å². The highest BCUT2D eigenvalue weighted by Crippen LogP contribution is 2.04. The van der Waals surface area contributed by atoms with Crippen LogP contribution in [-0.4, -0.2) is 40.6 Å². The SMILES string of the molecule is CCN(C(=O)N[C@H](C(=O)O)C(C)C)C(C)C. The number of carboxylic acids is 1. The van der Waals surface area contributed by atoms with Gasteiger partial charge in [0.1, 0.15) is 6.04 Å². The van der Waals surface area contributed by atoms with Crippen molar-refractivity contribution < 1.29 is 14.7 Å². The summed E-state index contributed by atoms with van der Waals surface area (Å²) in [6, 6.07) is -1.09. The average Bonchev–Trinajstić information content (AvgIpc) is 2.13. The normalized spacial score (nSPS) is 12.7. The van der Waals surface area contributed by atoms with Crippen molar-refractivity contribution in [1.29, 1.82) is 0 Å². The van der Waals surface area contributed by atoms with Gasteiger partial charge in [0.2, 0.25) is 0 Å². The molecule has 0 radical (unpaired) electrons. The van der Waals surface area contributed by atoms with Crippen LogP contribution in [0, 0.1) is 5.92 Å². The zero-order chi connectivity index (χ0) is 12.9. The highest BCUT2D eigenvalue weighted by atomic mass is 16.4. The van der Waals surface area contributed by atoms with Gasteiger partial charge in [-0.25, -0.2) is 9.59 Å². The zero-order valence-corrected chi connectivity index (χ0v) is 10.7. The molecule has 2 N–H and O–H groups in total. The first-order chi connectivity index (χ1) is 7.31. The summed E-state index contributed by atoms with van der Waals surface area (Å²) in [5.74, 6) is -1.13. The highest BCUT2D eigenvalue weighted by molar-refractivity contribution is 5.82. The smallest absolute Gasteiger partial charge is 0.326 e. The number of amides is 2. The molecule has 0 rings (SSSR count). The molecule has 0 saturated heterocycles. The maximum atomic E-state index is 11.8. The number of hydrogen-bond acceptors (Lipinski definition) is 2. The Labute approximate surface area is 96.8 Å². The van der Waals surface area contributed by atoms with Crippen molar-refractivity contribution in [3.63, 3.8) is 0 Å². The van der Waals surface area contributed by atoms with Gasteiger partial charge in [-0.05, 0) is 26.7 Å². The van der Waals surface area contributed by atoms with Gasteiger partial charge in [-0.2, -0.15) is 0 Å².